The lowest BCUT2D eigenvalue weighted by atomic mass is 10.1. The Morgan fingerprint density at radius 2 is 2.00 bits per heavy atom. The minimum absolute atomic E-state index is 0.0720. The zero-order chi connectivity index (χ0) is 13.4. The third kappa shape index (κ3) is 4.53. The fourth-order valence-electron chi connectivity index (χ4n) is 1.65. The van der Waals surface area contributed by atoms with E-state index in [-0.39, 0.29) is 5.69 Å². The Balaban J connectivity index is 2.73. The molecule has 1 aromatic rings. The van der Waals surface area contributed by atoms with E-state index < -0.39 is 4.92 Å². The van der Waals surface area contributed by atoms with Gasteiger partial charge in [0.1, 0.15) is 0 Å². The maximum atomic E-state index is 10.6. The summed E-state index contributed by atoms with van der Waals surface area (Å²) in [5.74, 6) is 0. The van der Waals surface area contributed by atoms with Gasteiger partial charge in [0.25, 0.3) is 5.69 Å². The molecule has 0 fully saturated rings. The molecule has 0 atom stereocenters. The van der Waals surface area contributed by atoms with Crippen LogP contribution in [0, 0.1) is 10.1 Å². The summed E-state index contributed by atoms with van der Waals surface area (Å²) in [5, 5.41) is 15.0. The van der Waals surface area contributed by atoms with Crippen LogP contribution in [0.3, 0.4) is 0 Å². The van der Waals surface area contributed by atoms with Crippen molar-refractivity contribution in [2.45, 2.75) is 39.5 Å². The molecule has 0 spiro atoms. The van der Waals surface area contributed by atoms with Gasteiger partial charge in [0.15, 0.2) is 0 Å². The average Bonchev–Trinajstić information content (AvgIpc) is 2.37. The molecule has 5 heteroatoms. The van der Waals surface area contributed by atoms with Crippen LogP contribution in [0.1, 0.15) is 39.5 Å². The first-order chi connectivity index (χ1) is 8.67. The van der Waals surface area contributed by atoms with Crippen molar-refractivity contribution in [1.82, 2.24) is 0 Å². The third-order valence-electron chi connectivity index (χ3n) is 2.48. The first-order valence-electron chi connectivity index (χ1n) is 6.23. The quantitative estimate of drug-likeness (QED) is 0.451. The first-order valence-corrected chi connectivity index (χ1v) is 6.23. The molecule has 0 aliphatic carbocycles. The Bertz CT molecular complexity index is 422. The molecule has 0 aliphatic rings. The number of rotatable bonds is 7. The van der Waals surface area contributed by atoms with E-state index in [0.717, 1.165) is 31.4 Å². The van der Waals surface area contributed by atoms with Crippen molar-refractivity contribution in [2.75, 3.05) is 5.43 Å². The van der Waals surface area contributed by atoms with Gasteiger partial charge in [0.2, 0.25) is 0 Å². The maximum absolute atomic E-state index is 10.6. The lowest BCUT2D eigenvalue weighted by Gasteiger charge is -2.05. The topological polar surface area (TPSA) is 67.5 Å². The Kier molecular flexibility index (Phi) is 5.84. The highest BCUT2D eigenvalue weighted by Gasteiger charge is 2.05. The number of hydrogen-bond acceptors (Lipinski definition) is 4. The number of nitro groups is 1. The van der Waals surface area contributed by atoms with E-state index in [1.165, 1.54) is 12.1 Å². The molecule has 1 N–H and O–H groups in total. The van der Waals surface area contributed by atoms with Gasteiger partial charge in [-0.05, 0) is 18.9 Å². The van der Waals surface area contributed by atoms with E-state index in [1.807, 2.05) is 0 Å². The lowest BCUT2D eigenvalue weighted by molar-refractivity contribution is -0.384. The van der Waals surface area contributed by atoms with E-state index in [4.69, 9.17) is 0 Å². The van der Waals surface area contributed by atoms with Crippen LogP contribution in [-0.4, -0.2) is 10.6 Å². The SMILES string of the molecule is CCCC(CCC)=NNc1cccc([N+](=O)[O-])c1. The predicted octanol–water partition coefficient (Wildman–Crippen LogP) is 3.96. The molecular weight excluding hydrogens is 230 g/mol. The molecule has 0 heterocycles. The minimum Gasteiger partial charge on any atom is -0.278 e. The molecule has 18 heavy (non-hydrogen) atoms. The molecule has 0 aliphatic heterocycles. The Morgan fingerprint density at radius 1 is 1.33 bits per heavy atom. The number of benzene rings is 1. The smallest absolute Gasteiger partial charge is 0.271 e. The molecule has 0 radical (unpaired) electrons. The van der Waals surface area contributed by atoms with Gasteiger partial charge in [0, 0.05) is 17.8 Å². The van der Waals surface area contributed by atoms with Gasteiger partial charge in [-0.3, -0.25) is 15.5 Å². The van der Waals surface area contributed by atoms with E-state index in [9.17, 15) is 10.1 Å². The van der Waals surface area contributed by atoms with Crippen LogP contribution in [0.15, 0.2) is 29.4 Å². The van der Waals surface area contributed by atoms with Gasteiger partial charge < -0.3 is 0 Å². The van der Waals surface area contributed by atoms with Crippen molar-refractivity contribution in [3.8, 4) is 0 Å². The minimum atomic E-state index is -0.409. The van der Waals surface area contributed by atoms with E-state index in [2.05, 4.69) is 24.4 Å². The summed E-state index contributed by atoms with van der Waals surface area (Å²) in [5.41, 5.74) is 4.72. The van der Waals surface area contributed by atoms with Gasteiger partial charge >= 0.3 is 0 Å². The molecule has 1 rings (SSSR count). The maximum Gasteiger partial charge on any atom is 0.271 e. The number of hydrogen-bond donors (Lipinski definition) is 1. The van der Waals surface area contributed by atoms with Crippen LogP contribution < -0.4 is 5.43 Å². The number of non-ortho nitro benzene ring substituents is 1. The van der Waals surface area contributed by atoms with Gasteiger partial charge in [-0.15, -0.1) is 0 Å². The number of nitrogens with one attached hydrogen (secondary N) is 1. The molecular formula is C13H19N3O2. The summed E-state index contributed by atoms with van der Waals surface area (Å²) in [4.78, 5) is 10.2. The zero-order valence-electron chi connectivity index (χ0n) is 10.8. The fourth-order valence-corrected chi connectivity index (χ4v) is 1.65. The Hall–Kier alpha value is -1.91. The molecule has 0 aromatic heterocycles. The predicted molar refractivity (Wildman–Crippen MR) is 74.0 cm³/mol. The van der Waals surface area contributed by atoms with E-state index >= 15 is 0 Å². The molecule has 5 nitrogen and oxygen atoms in total. The van der Waals surface area contributed by atoms with Crippen LogP contribution in [-0.2, 0) is 0 Å². The third-order valence-corrected chi connectivity index (χ3v) is 2.48. The molecule has 1 aromatic carbocycles. The van der Waals surface area contributed by atoms with Crippen molar-refractivity contribution < 1.29 is 4.92 Å². The largest absolute Gasteiger partial charge is 0.278 e. The highest BCUT2D eigenvalue weighted by molar-refractivity contribution is 5.85. The summed E-state index contributed by atoms with van der Waals surface area (Å²) < 4.78 is 0. The van der Waals surface area contributed by atoms with Gasteiger partial charge in [-0.1, -0.05) is 32.8 Å². The van der Waals surface area contributed by atoms with Crippen molar-refractivity contribution in [3.63, 3.8) is 0 Å². The van der Waals surface area contributed by atoms with Gasteiger partial charge in [0.05, 0.1) is 10.6 Å². The lowest BCUT2D eigenvalue weighted by Crippen LogP contribution is -2.02. The second-order valence-corrected chi connectivity index (χ2v) is 4.10. The Morgan fingerprint density at radius 3 is 2.56 bits per heavy atom. The molecule has 0 unspecified atom stereocenters. The molecule has 0 saturated heterocycles. The summed E-state index contributed by atoms with van der Waals surface area (Å²) in [6, 6.07) is 6.37. The highest BCUT2D eigenvalue weighted by atomic mass is 16.6. The van der Waals surface area contributed by atoms with Crippen LogP contribution in [0.2, 0.25) is 0 Å². The highest BCUT2D eigenvalue weighted by Crippen LogP contribution is 2.17. The van der Waals surface area contributed by atoms with Crippen LogP contribution in [0.25, 0.3) is 0 Å². The number of nitrogens with zero attached hydrogens (tertiary/aromatic N) is 2. The normalized spacial score (nSPS) is 9.89. The summed E-state index contributed by atoms with van der Waals surface area (Å²) in [7, 11) is 0. The number of nitro benzene ring substituents is 1. The second-order valence-electron chi connectivity index (χ2n) is 4.10. The van der Waals surface area contributed by atoms with Crippen molar-refractivity contribution in [2.24, 2.45) is 5.10 Å². The zero-order valence-corrected chi connectivity index (χ0v) is 10.8. The van der Waals surface area contributed by atoms with Crippen LogP contribution in [0.5, 0.6) is 0 Å². The van der Waals surface area contributed by atoms with Crippen molar-refractivity contribution >= 4 is 17.1 Å². The number of anilines is 1. The number of hydrazone groups is 1. The van der Waals surface area contributed by atoms with Crippen molar-refractivity contribution in [3.05, 3.63) is 34.4 Å². The van der Waals surface area contributed by atoms with E-state index in [1.54, 1.807) is 12.1 Å². The fraction of sp³-hybridized carbons (Fsp3) is 0.462. The molecule has 0 amide bonds. The monoisotopic (exact) mass is 249 g/mol. The second kappa shape index (κ2) is 7.42. The molecule has 0 saturated carbocycles. The van der Waals surface area contributed by atoms with Gasteiger partial charge in [-0.25, -0.2) is 0 Å². The van der Waals surface area contributed by atoms with Crippen molar-refractivity contribution in [1.29, 1.82) is 0 Å². The average molecular weight is 249 g/mol. The summed E-state index contributed by atoms with van der Waals surface area (Å²) in [6.07, 6.45) is 4.01. The van der Waals surface area contributed by atoms with Crippen LogP contribution >= 0.6 is 0 Å². The van der Waals surface area contributed by atoms with Gasteiger partial charge in [-0.2, -0.15) is 5.10 Å². The molecule has 0 bridgehead atoms. The summed E-state index contributed by atoms with van der Waals surface area (Å²) in [6.45, 7) is 4.22. The van der Waals surface area contributed by atoms with E-state index in [0.29, 0.717) is 5.69 Å². The molecule has 98 valence electrons. The Labute approximate surface area is 107 Å². The van der Waals surface area contributed by atoms with Crippen LogP contribution in [0.4, 0.5) is 11.4 Å². The summed E-state index contributed by atoms with van der Waals surface area (Å²) >= 11 is 0. The standard InChI is InChI=1S/C13H19N3O2/c1-3-6-11(7-4-2)14-15-12-8-5-9-13(10-12)16(17)18/h5,8-10,15H,3-4,6-7H2,1-2H3. The first kappa shape index (κ1) is 14.2.